The van der Waals surface area contributed by atoms with E-state index in [2.05, 4.69) is 0 Å². The Bertz CT molecular complexity index is 209. The minimum absolute atomic E-state index is 0.0942. The predicted molar refractivity (Wildman–Crippen MR) is 51.8 cm³/mol. The van der Waals surface area contributed by atoms with Crippen molar-refractivity contribution in [3.05, 3.63) is 0 Å². The summed E-state index contributed by atoms with van der Waals surface area (Å²) in [6, 6.07) is 0.0942. The average molecular weight is 193 g/mol. The Morgan fingerprint density at radius 1 is 1.42 bits per heavy atom. The number of hydrogen-bond acceptors (Lipinski definition) is 3. The van der Waals surface area contributed by atoms with Gasteiger partial charge in [0.15, 0.2) is 0 Å². The molecule has 0 saturated heterocycles. The van der Waals surface area contributed by atoms with Gasteiger partial charge in [0.05, 0.1) is 5.75 Å². The molecule has 0 heterocycles. The Balaban J connectivity index is 3.90. The van der Waals surface area contributed by atoms with Crippen molar-refractivity contribution in [2.45, 2.75) is 32.7 Å². The quantitative estimate of drug-likeness (QED) is 0.702. The van der Waals surface area contributed by atoms with Crippen LogP contribution in [0.1, 0.15) is 26.7 Å². The second-order valence-corrected chi connectivity index (χ2v) is 5.71. The molecule has 0 bridgehead atoms. The molecular formula is C8H19NO2S. The lowest BCUT2D eigenvalue weighted by molar-refractivity contribution is 0.417. The second-order valence-electron chi connectivity index (χ2n) is 3.45. The zero-order chi connectivity index (χ0) is 9.78. The Morgan fingerprint density at radius 2 is 1.92 bits per heavy atom. The van der Waals surface area contributed by atoms with Gasteiger partial charge in [-0.05, 0) is 19.3 Å². The maximum atomic E-state index is 10.8. The lowest BCUT2D eigenvalue weighted by Crippen LogP contribution is -2.27. The first-order chi connectivity index (χ1) is 5.37. The van der Waals surface area contributed by atoms with Gasteiger partial charge in [-0.25, -0.2) is 8.42 Å². The van der Waals surface area contributed by atoms with Crippen molar-refractivity contribution >= 4 is 9.84 Å². The summed E-state index contributed by atoms with van der Waals surface area (Å²) in [6.45, 7) is 3.97. The van der Waals surface area contributed by atoms with Gasteiger partial charge in [0.25, 0.3) is 0 Å². The topological polar surface area (TPSA) is 60.2 Å². The van der Waals surface area contributed by atoms with Crippen molar-refractivity contribution in [1.29, 1.82) is 0 Å². The predicted octanol–water partition coefficient (Wildman–Crippen LogP) is 0.794. The molecule has 0 radical (unpaired) electrons. The number of nitrogens with two attached hydrogens (primary N) is 1. The van der Waals surface area contributed by atoms with Gasteiger partial charge < -0.3 is 5.73 Å². The highest BCUT2D eigenvalue weighted by atomic mass is 32.2. The van der Waals surface area contributed by atoms with E-state index in [0.29, 0.717) is 12.3 Å². The van der Waals surface area contributed by atoms with Crippen LogP contribution in [0.4, 0.5) is 0 Å². The Labute approximate surface area is 75.3 Å². The largest absolute Gasteiger partial charge is 0.328 e. The standard InChI is InChI=1S/C8H19NO2S/c1-4-8(7(2)9)5-6-12(3,10)11/h7-8H,4-6,9H2,1-3H3. The number of hydrogen-bond donors (Lipinski definition) is 1. The normalized spacial score (nSPS) is 17.3. The Morgan fingerprint density at radius 3 is 2.17 bits per heavy atom. The van der Waals surface area contributed by atoms with Crippen LogP contribution >= 0.6 is 0 Å². The maximum Gasteiger partial charge on any atom is 0.147 e. The molecule has 0 aromatic heterocycles. The van der Waals surface area contributed by atoms with Gasteiger partial charge in [0.2, 0.25) is 0 Å². The van der Waals surface area contributed by atoms with Gasteiger partial charge in [0, 0.05) is 12.3 Å². The van der Waals surface area contributed by atoms with Crippen LogP contribution in [0.3, 0.4) is 0 Å². The van der Waals surface area contributed by atoms with Crippen LogP contribution in [0.2, 0.25) is 0 Å². The summed E-state index contributed by atoms with van der Waals surface area (Å²) in [5.74, 6) is 0.590. The summed E-state index contributed by atoms with van der Waals surface area (Å²) in [6.07, 6.45) is 2.90. The van der Waals surface area contributed by atoms with Crippen LogP contribution in [0, 0.1) is 5.92 Å². The van der Waals surface area contributed by atoms with E-state index >= 15 is 0 Å². The molecule has 0 aliphatic rings. The smallest absolute Gasteiger partial charge is 0.147 e. The highest BCUT2D eigenvalue weighted by molar-refractivity contribution is 7.90. The molecule has 0 amide bonds. The molecule has 0 aromatic rings. The molecule has 0 saturated carbocycles. The molecule has 2 atom stereocenters. The third-order valence-corrected chi connectivity index (χ3v) is 3.10. The van der Waals surface area contributed by atoms with E-state index in [9.17, 15) is 8.42 Å². The van der Waals surface area contributed by atoms with E-state index in [0.717, 1.165) is 6.42 Å². The van der Waals surface area contributed by atoms with Gasteiger partial charge in [-0.15, -0.1) is 0 Å². The molecule has 12 heavy (non-hydrogen) atoms. The van der Waals surface area contributed by atoms with Crippen molar-refractivity contribution in [2.24, 2.45) is 11.7 Å². The molecule has 74 valence electrons. The zero-order valence-corrected chi connectivity index (χ0v) is 8.89. The third-order valence-electron chi connectivity index (χ3n) is 2.13. The molecule has 2 N–H and O–H groups in total. The van der Waals surface area contributed by atoms with Crippen LogP contribution in [0.25, 0.3) is 0 Å². The van der Waals surface area contributed by atoms with Crippen LogP contribution in [0.15, 0.2) is 0 Å². The fraction of sp³-hybridized carbons (Fsp3) is 1.00. The van der Waals surface area contributed by atoms with E-state index < -0.39 is 9.84 Å². The van der Waals surface area contributed by atoms with Gasteiger partial charge in [-0.3, -0.25) is 0 Å². The maximum absolute atomic E-state index is 10.8. The highest BCUT2D eigenvalue weighted by Gasteiger charge is 2.13. The lowest BCUT2D eigenvalue weighted by Gasteiger charge is -2.17. The van der Waals surface area contributed by atoms with Gasteiger partial charge >= 0.3 is 0 Å². The first-order valence-corrected chi connectivity index (χ1v) is 6.36. The van der Waals surface area contributed by atoms with Crippen molar-refractivity contribution in [3.8, 4) is 0 Å². The minimum Gasteiger partial charge on any atom is -0.328 e. The van der Waals surface area contributed by atoms with E-state index in [1.54, 1.807) is 0 Å². The van der Waals surface area contributed by atoms with E-state index in [4.69, 9.17) is 5.73 Å². The third kappa shape index (κ3) is 5.55. The van der Waals surface area contributed by atoms with Crippen molar-refractivity contribution in [3.63, 3.8) is 0 Å². The van der Waals surface area contributed by atoms with E-state index in [1.807, 2.05) is 13.8 Å². The molecule has 0 aliphatic heterocycles. The molecule has 3 nitrogen and oxygen atoms in total. The molecule has 0 rings (SSSR count). The number of sulfone groups is 1. The van der Waals surface area contributed by atoms with Crippen molar-refractivity contribution < 1.29 is 8.42 Å². The van der Waals surface area contributed by atoms with Crippen molar-refractivity contribution in [1.82, 2.24) is 0 Å². The summed E-state index contributed by atoms with van der Waals surface area (Å²) in [7, 11) is -2.82. The fourth-order valence-electron chi connectivity index (χ4n) is 1.20. The van der Waals surface area contributed by atoms with Gasteiger partial charge in [-0.1, -0.05) is 13.3 Å². The Hall–Kier alpha value is -0.0900. The summed E-state index contributed by atoms with van der Waals surface area (Å²) in [4.78, 5) is 0. The molecule has 2 unspecified atom stereocenters. The second kappa shape index (κ2) is 4.82. The number of rotatable bonds is 5. The SMILES string of the molecule is CCC(CCS(C)(=O)=O)C(C)N. The van der Waals surface area contributed by atoms with Gasteiger partial charge in [0.1, 0.15) is 9.84 Å². The molecule has 0 fully saturated rings. The molecular weight excluding hydrogens is 174 g/mol. The van der Waals surface area contributed by atoms with Crippen molar-refractivity contribution in [2.75, 3.05) is 12.0 Å². The molecule has 0 spiro atoms. The van der Waals surface area contributed by atoms with E-state index in [1.165, 1.54) is 6.26 Å². The first-order valence-electron chi connectivity index (χ1n) is 4.30. The summed E-state index contributed by atoms with van der Waals surface area (Å²) < 4.78 is 21.7. The van der Waals surface area contributed by atoms with Crippen LogP contribution < -0.4 is 5.73 Å². The summed E-state index contributed by atoms with van der Waals surface area (Å²) in [5, 5.41) is 0. The zero-order valence-electron chi connectivity index (χ0n) is 8.08. The average Bonchev–Trinajstić information content (AvgIpc) is 1.85. The summed E-state index contributed by atoms with van der Waals surface area (Å²) >= 11 is 0. The Kier molecular flexibility index (Phi) is 4.78. The molecule has 0 aromatic carbocycles. The monoisotopic (exact) mass is 193 g/mol. The van der Waals surface area contributed by atoms with Crippen LogP contribution in [0.5, 0.6) is 0 Å². The van der Waals surface area contributed by atoms with Crippen LogP contribution in [-0.2, 0) is 9.84 Å². The van der Waals surface area contributed by atoms with Gasteiger partial charge in [-0.2, -0.15) is 0 Å². The lowest BCUT2D eigenvalue weighted by atomic mass is 9.96. The summed E-state index contributed by atoms with van der Waals surface area (Å²) in [5.41, 5.74) is 5.68. The van der Waals surface area contributed by atoms with E-state index in [-0.39, 0.29) is 11.8 Å². The highest BCUT2D eigenvalue weighted by Crippen LogP contribution is 2.12. The minimum atomic E-state index is -2.82. The van der Waals surface area contributed by atoms with Crippen LogP contribution in [-0.4, -0.2) is 26.5 Å². The first kappa shape index (κ1) is 11.9. The molecule has 4 heteroatoms. The fourth-order valence-corrected chi connectivity index (χ4v) is 1.94. The molecule has 0 aliphatic carbocycles.